The monoisotopic (exact) mass is 500 g/mol. The van der Waals surface area contributed by atoms with Crippen molar-refractivity contribution in [1.29, 1.82) is 0 Å². The molecule has 0 aliphatic rings. The van der Waals surface area contributed by atoms with Crippen LogP contribution in [0.5, 0.6) is 0 Å². The van der Waals surface area contributed by atoms with Crippen molar-refractivity contribution < 1.29 is 43.2 Å². The molecule has 145 valence electrons. The van der Waals surface area contributed by atoms with Crippen molar-refractivity contribution in [3.8, 4) is 0 Å². The fraction of sp³-hybridized carbons (Fsp3) is 0.143. The normalized spacial score (nSPS) is 11.3. The summed E-state index contributed by atoms with van der Waals surface area (Å²) in [6.45, 7) is 4.26. The van der Waals surface area contributed by atoms with Gasteiger partial charge in [-0.05, 0) is 0 Å². The molecule has 0 heterocycles. The van der Waals surface area contributed by atoms with Crippen LogP contribution in [-0.4, -0.2) is 7.28 Å². The first-order valence-electron chi connectivity index (χ1n) is 8.49. The van der Waals surface area contributed by atoms with Gasteiger partial charge >= 0.3 is 171 Å². The predicted octanol–water partition coefficient (Wildman–Crippen LogP) is 1.29. The minimum atomic E-state index is -2.16. The van der Waals surface area contributed by atoms with E-state index in [-0.39, 0.29) is 0 Å². The van der Waals surface area contributed by atoms with Crippen LogP contribution in [-0.2, 0) is 0 Å². The summed E-state index contributed by atoms with van der Waals surface area (Å²) in [6, 6.07) is 15.2. The molecule has 0 bridgehead atoms. The standard InChI is InChI=1S/C21H15BF5I/c1-11(2)12-3-7-14(8-4-12)28-15-9-5-13(6-10-15)22-16-17(23)19(25)21(27)20(26)18(16)24/h3-11H,1-2H3/q-1. The van der Waals surface area contributed by atoms with Gasteiger partial charge in [-0.25, -0.2) is 0 Å². The van der Waals surface area contributed by atoms with Crippen LogP contribution in [0.4, 0.5) is 22.0 Å². The van der Waals surface area contributed by atoms with E-state index in [2.05, 4.69) is 38.1 Å². The van der Waals surface area contributed by atoms with E-state index in [1.165, 1.54) is 9.13 Å². The zero-order valence-electron chi connectivity index (χ0n) is 15.0. The summed E-state index contributed by atoms with van der Waals surface area (Å²) in [5, 5.41) is 0. The Bertz CT molecular complexity index is 956. The van der Waals surface area contributed by atoms with Gasteiger partial charge in [0.2, 0.25) is 0 Å². The molecule has 0 fully saturated rings. The van der Waals surface area contributed by atoms with Gasteiger partial charge in [-0.2, -0.15) is 0 Å². The number of hydrogen-bond donors (Lipinski definition) is 0. The topological polar surface area (TPSA) is 0 Å². The Kier molecular flexibility index (Phi) is 6.42. The third-order valence-corrected chi connectivity index (χ3v) is 6.86. The van der Waals surface area contributed by atoms with Gasteiger partial charge in [0.15, 0.2) is 0 Å². The number of rotatable bonds is 5. The SMILES string of the molecule is CC(C)c1ccc([I-]c2ccc([B]c3c(F)c(F)c(F)c(F)c3F)cc2)cc1. The van der Waals surface area contributed by atoms with Crippen LogP contribution in [0.3, 0.4) is 0 Å². The molecule has 28 heavy (non-hydrogen) atoms. The molecule has 3 aromatic rings. The van der Waals surface area contributed by atoms with Gasteiger partial charge in [0.25, 0.3) is 0 Å². The van der Waals surface area contributed by atoms with Crippen molar-refractivity contribution in [2.24, 2.45) is 0 Å². The molecule has 0 aliphatic heterocycles. The first-order chi connectivity index (χ1) is 13.3. The summed E-state index contributed by atoms with van der Waals surface area (Å²) in [5.41, 5.74) is 0.676. The molecule has 0 nitrogen and oxygen atoms in total. The van der Waals surface area contributed by atoms with Gasteiger partial charge in [0, 0.05) is 0 Å². The number of benzene rings is 3. The van der Waals surface area contributed by atoms with Crippen LogP contribution in [0, 0.1) is 36.2 Å². The molecule has 3 rings (SSSR count). The third-order valence-electron chi connectivity index (χ3n) is 4.18. The van der Waals surface area contributed by atoms with E-state index < -0.39 is 55.8 Å². The van der Waals surface area contributed by atoms with E-state index >= 15 is 0 Å². The van der Waals surface area contributed by atoms with Gasteiger partial charge in [0.05, 0.1) is 0 Å². The van der Waals surface area contributed by atoms with Gasteiger partial charge in [-0.1, -0.05) is 0 Å². The fourth-order valence-corrected chi connectivity index (χ4v) is 4.73. The van der Waals surface area contributed by atoms with E-state index in [9.17, 15) is 22.0 Å². The quantitative estimate of drug-likeness (QED) is 0.163. The first kappa shape index (κ1) is 20.8. The van der Waals surface area contributed by atoms with E-state index in [0.29, 0.717) is 11.4 Å². The van der Waals surface area contributed by atoms with E-state index in [1.807, 2.05) is 12.1 Å². The van der Waals surface area contributed by atoms with Crippen molar-refractivity contribution in [2.75, 3.05) is 0 Å². The van der Waals surface area contributed by atoms with Gasteiger partial charge in [-0.15, -0.1) is 0 Å². The van der Waals surface area contributed by atoms with Crippen LogP contribution in [0.1, 0.15) is 25.3 Å². The summed E-state index contributed by atoms with van der Waals surface area (Å²) in [7, 11) is 0.954. The van der Waals surface area contributed by atoms with Crippen LogP contribution in [0.2, 0.25) is 0 Å². The molecule has 0 spiro atoms. The molecule has 0 aliphatic carbocycles. The molecular weight excluding hydrogens is 485 g/mol. The Balaban J connectivity index is 1.77. The van der Waals surface area contributed by atoms with Gasteiger partial charge in [-0.3, -0.25) is 0 Å². The zero-order valence-corrected chi connectivity index (χ0v) is 17.2. The molecule has 0 saturated heterocycles. The maximum atomic E-state index is 13.8. The second-order valence-electron chi connectivity index (χ2n) is 6.48. The summed E-state index contributed by atoms with van der Waals surface area (Å²) in [4.78, 5) is 0. The van der Waals surface area contributed by atoms with Crippen molar-refractivity contribution in [1.82, 2.24) is 0 Å². The van der Waals surface area contributed by atoms with Crippen LogP contribution in [0.25, 0.3) is 0 Å². The van der Waals surface area contributed by atoms with Crippen LogP contribution < -0.4 is 32.1 Å². The summed E-state index contributed by atoms with van der Waals surface area (Å²) in [6.07, 6.45) is 0. The molecule has 0 atom stereocenters. The fourth-order valence-electron chi connectivity index (χ4n) is 2.57. The predicted molar refractivity (Wildman–Crippen MR) is 95.6 cm³/mol. The van der Waals surface area contributed by atoms with Crippen molar-refractivity contribution in [3.05, 3.63) is 90.3 Å². The average molecular weight is 500 g/mol. The number of hydrogen-bond acceptors (Lipinski definition) is 0. The molecule has 0 unspecified atom stereocenters. The van der Waals surface area contributed by atoms with E-state index in [1.54, 1.807) is 12.1 Å². The summed E-state index contributed by atoms with van der Waals surface area (Å²) >= 11 is -0.437. The second kappa shape index (κ2) is 8.63. The molecule has 3 aromatic carbocycles. The third kappa shape index (κ3) is 4.40. The second-order valence-corrected chi connectivity index (χ2v) is 9.51. The Morgan fingerprint density at radius 3 is 1.54 bits per heavy atom. The molecule has 7 heteroatoms. The van der Waals surface area contributed by atoms with E-state index in [0.717, 1.165) is 10.8 Å². The van der Waals surface area contributed by atoms with E-state index in [4.69, 9.17) is 0 Å². The molecule has 0 aromatic heterocycles. The molecule has 0 amide bonds. The van der Waals surface area contributed by atoms with Gasteiger partial charge < -0.3 is 0 Å². The molecule has 0 N–H and O–H groups in total. The summed E-state index contributed by atoms with van der Waals surface area (Å²) < 4.78 is 69.6. The Hall–Kier alpha value is -1.90. The minimum absolute atomic E-state index is 0.353. The maximum absolute atomic E-state index is 13.8. The molecule has 1 radical (unpaired) electrons. The Morgan fingerprint density at radius 1 is 0.643 bits per heavy atom. The Labute approximate surface area is 171 Å². The van der Waals surface area contributed by atoms with Crippen molar-refractivity contribution >= 4 is 18.2 Å². The van der Waals surface area contributed by atoms with Crippen molar-refractivity contribution in [3.63, 3.8) is 0 Å². The van der Waals surface area contributed by atoms with Gasteiger partial charge in [0.1, 0.15) is 0 Å². The Morgan fingerprint density at radius 2 is 1.07 bits per heavy atom. The van der Waals surface area contributed by atoms with Crippen LogP contribution >= 0.6 is 0 Å². The first-order valence-corrected chi connectivity index (χ1v) is 10.6. The number of halogens is 6. The average Bonchev–Trinajstić information content (AvgIpc) is 2.70. The molecular formula is C21H15BF5I-. The summed E-state index contributed by atoms with van der Waals surface area (Å²) in [5.74, 6) is -9.26. The zero-order chi connectivity index (χ0) is 20.4. The molecule has 0 saturated carbocycles. The van der Waals surface area contributed by atoms with Crippen molar-refractivity contribution in [2.45, 2.75) is 19.8 Å². The van der Waals surface area contributed by atoms with Crippen LogP contribution in [0.15, 0.2) is 48.5 Å².